The molecular formula is C25H25NO4. The second-order valence-electron chi connectivity index (χ2n) is 7.21. The highest BCUT2D eigenvalue weighted by Crippen LogP contribution is 2.13. The number of benzene rings is 2. The highest BCUT2D eigenvalue weighted by Gasteiger charge is 2.16. The third kappa shape index (κ3) is 5.55. The van der Waals surface area contributed by atoms with Crippen LogP contribution in [0.25, 0.3) is 6.08 Å². The van der Waals surface area contributed by atoms with Crippen molar-refractivity contribution in [1.82, 2.24) is 4.57 Å². The average Bonchev–Trinajstić information content (AvgIpc) is 3.21. The lowest BCUT2D eigenvalue weighted by Gasteiger charge is -2.10. The SMILES string of the molecule is COC(Cc1cccc(/C=C/Cn2ccc(C(=O)c3ccc(C)cc3)c2)c1)C(=O)O. The van der Waals surface area contributed by atoms with Gasteiger partial charge in [0.05, 0.1) is 0 Å². The van der Waals surface area contributed by atoms with Gasteiger partial charge in [-0.25, -0.2) is 4.79 Å². The largest absolute Gasteiger partial charge is 0.479 e. The molecule has 3 aromatic rings. The lowest BCUT2D eigenvalue weighted by molar-refractivity contribution is -0.148. The van der Waals surface area contributed by atoms with Gasteiger partial charge in [0.1, 0.15) is 0 Å². The molecule has 0 bridgehead atoms. The summed E-state index contributed by atoms with van der Waals surface area (Å²) in [5.74, 6) is -0.960. The normalized spacial score (nSPS) is 12.2. The van der Waals surface area contributed by atoms with Crippen LogP contribution in [0.4, 0.5) is 0 Å². The summed E-state index contributed by atoms with van der Waals surface area (Å²) in [6.45, 7) is 2.62. The number of aryl methyl sites for hydroxylation is 1. The lowest BCUT2D eigenvalue weighted by Crippen LogP contribution is -2.24. The molecule has 0 aliphatic rings. The Labute approximate surface area is 176 Å². The van der Waals surface area contributed by atoms with Crippen molar-refractivity contribution < 1.29 is 19.4 Å². The monoisotopic (exact) mass is 403 g/mol. The van der Waals surface area contributed by atoms with Crippen molar-refractivity contribution in [3.05, 3.63) is 101 Å². The fraction of sp³-hybridized carbons (Fsp3) is 0.200. The number of aromatic nitrogens is 1. The highest BCUT2D eigenvalue weighted by atomic mass is 16.5. The minimum absolute atomic E-state index is 0.0107. The summed E-state index contributed by atoms with van der Waals surface area (Å²) in [5, 5.41) is 9.13. The van der Waals surface area contributed by atoms with Gasteiger partial charge in [-0.3, -0.25) is 4.79 Å². The standard InChI is InChI=1S/C25H25NO4/c1-18-8-10-21(11-9-18)24(27)22-12-14-26(17-22)13-4-7-19-5-3-6-20(15-19)16-23(30-2)25(28)29/h3-12,14-15,17,23H,13,16H2,1-2H3,(H,28,29)/b7-4+. The zero-order valence-electron chi connectivity index (χ0n) is 17.1. The Hall–Kier alpha value is -3.44. The quantitative estimate of drug-likeness (QED) is 0.538. The number of ketones is 1. The fourth-order valence-electron chi connectivity index (χ4n) is 3.18. The molecule has 1 N–H and O–H groups in total. The molecule has 0 spiro atoms. The highest BCUT2D eigenvalue weighted by molar-refractivity contribution is 6.08. The Bertz CT molecular complexity index is 1050. The van der Waals surface area contributed by atoms with E-state index < -0.39 is 12.1 Å². The first-order valence-electron chi connectivity index (χ1n) is 9.74. The van der Waals surface area contributed by atoms with Crippen LogP contribution in [0.15, 0.2) is 73.1 Å². The minimum Gasteiger partial charge on any atom is -0.479 e. The van der Waals surface area contributed by atoms with Crippen molar-refractivity contribution in [2.24, 2.45) is 0 Å². The number of allylic oxidation sites excluding steroid dienone is 1. The molecule has 30 heavy (non-hydrogen) atoms. The summed E-state index contributed by atoms with van der Waals surface area (Å²) >= 11 is 0. The Morgan fingerprint density at radius 1 is 1.10 bits per heavy atom. The van der Waals surface area contributed by atoms with E-state index in [2.05, 4.69) is 0 Å². The van der Waals surface area contributed by atoms with Crippen molar-refractivity contribution in [1.29, 1.82) is 0 Å². The number of hydrogen-bond donors (Lipinski definition) is 1. The number of carbonyl (C=O) groups is 2. The van der Waals surface area contributed by atoms with Crippen LogP contribution in [0, 0.1) is 6.92 Å². The van der Waals surface area contributed by atoms with Crippen LogP contribution in [0.5, 0.6) is 0 Å². The zero-order chi connectivity index (χ0) is 21.5. The maximum Gasteiger partial charge on any atom is 0.333 e. The van der Waals surface area contributed by atoms with E-state index in [1.807, 2.05) is 90.6 Å². The molecule has 5 heteroatoms. The van der Waals surface area contributed by atoms with Crippen LogP contribution < -0.4 is 0 Å². The number of nitrogens with zero attached hydrogens (tertiary/aromatic N) is 1. The Morgan fingerprint density at radius 2 is 1.87 bits per heavy atom. The first kappa shape index (κ1) is 21.3. The van der Waals surface area contributed by atoms with Gasteiger partial charge in [-0.05, 0) is 24.1 Å². The average molecular weight is 403 g/mol. The van der Waals surface area contributed by atoms with Gasteiger partial charge in [0, 0.05) is 43.6 Å². The molecule has 3 rings (SSSR count). The smallest absolute Gasteiger partial charge is 0.333 e. The van der Waals surface area contributed by atoms with E-state index in [-0.39, 0.29) is 5.78 Å². The molecule has 5 nitrogen and oxygen atoms in total. The number of carbonyl (C=O) groups excluding carboxylic acids is 1. The number of carboxylic acids is 1. The molecule has 0 amide bonds. The summed E-state index contributed by atoms with van der Waals surface area (Å²) in [6, 6.07) is 17.1. The van der Waals surface area contributed by atoms with Gasteiger partial charge in [0.2, 0.25) is 0 Å². The molecule has 1 heterocycles. The second kappa shape index (κ2) is 9.85. The van der Waals surface area contributed by atoms with Crippen LogP contribution in [-0.4, -0.2) is 34.6 Å². The molecule has 2 aromatic carbocycles. The van der Waals surface area contributed by atoms with Gasteiger partial charge in [-0.15, -0.1) is 0 Å². The third-order valence-electron chi connectivity index (χ3n) is 4.89. The molecule has 0 saturated heterocycles. The van der Waals surface area contributed by atoms with Gasteiger partial charge in [0.25, 0.3) is 0 Å². The van der Waals surface area contributed by atoms with E-state index in [1.165, 1.54) is 7.11 Å². The Morgan fingerprint density at radius 3 is 2.57 bits per heavy atom. The molecule has 1 unspecified atom stereocenters. The molecule has 154 valence electrons. The van der Waals surface area contributed by atoms with E-state index in [1.54, 1.807) is 0 Å². The fourth-order valence-corrected chi connectivity index (χ4v) is 3.18. The predicted octanol–water partition coefficient (Wildman–Crippen LogP) is 4.38. The molecule has 0 aliphatic heterocycles. The summed E-state index contributed by atoms with van der Waals surface area (Å²) in [6.07, 6.45) is 7.18. The number of methoxy groups -OCH3 is 1. The van der Waals surface area contributed by atoms with Gasteiger partial charge >= 0.3 is 5.97 Å². The number of aliphatic carboxylic acids is 1. The van der Waals surface area contributed by atoms with E-state index in [0.717, 1.165) is 16.7 Å². The van der Waals surface area contributed by atoms with Gasteiger partial charge < -0.3 is 14.4 Å². The molecule has 1 atom stereocenters. The number of rotatable bonds is 9. The van der Waals surface area contributed by atoms with E-state index >= 15 is 0 Å². The van der Waals surface area contributed by atoms with Gasteiger partial charge in [-0.2, -0.15) is 0 Å². The third-order valence-corrected chi connectivity index (χ3v) is 4.89. The molecule has 0 aliphatic carbocycles. The van der Waals surface area contributed by atoms with Crippen LogP contribution in [0.1, 0.15) is 32.6 Å². The Balaban J connectivity index is 1.62. The molecular weight excluding hydrogens is 378 g/mol. The first-order chi connectivity index (χ1) is 14.5. The maximum atomic E-state index is 12.6. The van der Waals surface area contributed by atoms with Crippen LogP contribution in [0.2, 0.25) is 0 Å². The van der Waals surface area contributed by atoms with Crippen LogP contribution in [0.3, 0.4) is 0 Å². The van der Waals surface area contributed by atoms with Crippen LogP contribution >= 0.6 is 0 Å². The summed E-state index contributed by atoms with van der Waals surface area (Å²) < 4.78 is 6.96. The van der Waals surface area contributed by atoms with E-state index in [9.17, 15) is 9.59 Å². The summed E-state index contributed by atoms with van der Waals surface area (Å²) in [5.41, 5.74) is 4.35. The Kier molecular flexibility index (Phi) is 6.99. The lowest BCUT2D eigenvalue weighted by atomic mass is 10.0. The topological polar surface area (TPSA) is 68.5 Å². The number of carboxylic acid groups (broad SMARTS) is 1. The van der Waals surface area contributed by atoms with Crippen molar-refractivity contribution in [2.45, 2.75) is 26.0 Å². The zero-order valence-corrected chi connectivity index (χ0v) is 17.1. The summed E-state index contributed by atoms with van der Waals surface area (Å²) in [7, 11) is 1.40. The van der Waals surface area contributed by atoms with Crippen molar-refractivity contribution in [2.75, 3.05) is 7.11 Å². The van der Waals surface area contributed by atoms with Crippen molar-refractivity contribution >= 4 is 17.8 Å². The maximum absolute atomic E-state index is 12.6. The predicted molar refractivity (Wildman–Crippen MR) is 117 cm³/mol. The summed E-state index contributed by atoms with van der Waals surface area (Å²) in [4.78, 5) is 23.7. The van der Waals surface area contributed by atoms with Crippen molar-refractivity contribution in [3.8, 4) is 0 Å². The van der Waals surface area contributed by atoms with E-state index in [4.69, 9.17) is 9.84 Å². The van der Waals surface area contributed by atoms with E-state index in [0.29, 0.717) is 24.1 Å². The van der Waals surface area contributed by atoms with Crippen molar-refractivity contribution in [3.63, 3.8) is 0 Å². The minimum atomic E-state index is -0.970. The molecule has 0 saturated carbocycles. The number of hydrogen-bond acceptors (Lipinski definition) is 3. The number of ether oxygens (including phenoxy) is 1. The van der Waals surface area contributed by atoms with Gasteiger partial charge in [-0.1, -0.05) is 66.2 Å². The molecule has 1 aromatic heterocycles. The van der Waals surface area contributed by atoms with Crippen LogP contribution in [-0.2, 0) is 22.5 Å². The molecule has 0 fully saturated rings. The first-order valence-corrected chi connectivity index (χ1v) is 9.74. The van der Waals surface area contributed by atoms with Gasteiger partial charge in [0.15, 0.2) is 11.9 Å². The second-order valence-corrected chi connectivity index (χ2v) is 7.21. The molecule has 0 radical (unpaired) electrons.